The predicted octanol–water partition coefficient (Wildman–Crippen LogP) is 2.61. The van der Waals surface area contributed by atoms with E-state index in [1.54, 1.807) is 18.9 Å². The van der Waals surface area contributed by atoms with E-state index < -0.39 is 0 Å². The van der Waals surface area contributed by atoms with Gasteiger partial charge in [-0.25, -0.2) is 0 Å². The smallest absolute Gasteiger partial charge is 0.230 e. The zero-order valence-electron chi connectivity index (χ0n) is 12.5. The molecule has 0 fully saturated rings. The fraction of sp³-hybridized carbons (Fsp3) is 0.533. The van der Waals surface area contributed by atoms with Crippen molar-refractivity contribution in [1.29, 1.82) is 0 Å². The Kier molecular flexibility index (Phi) is 7.35. The third kappa shape index (κ3) is 5.37. The zero-order valence-corrected chi connectivity index (χ0v) is 14.9. The molecule has 2 rings (SSSR count). The number of fused-ring (bicyclic) bond motifs is 1. The predicted molar refractivity (Wildman–Crippen MR) is 90.8 cm³/mol. The van der Waals surface area contributed by atoms with Crippen molar-refractivity contribution in [2.45, 2.75) is 12.2 Å². The quantitative estimate of drug-likeness (QED) is 0.692. The summed E-state index contributed by atoms with van der Waals surface area (Å²) >= 11 is 5.11. The van der Waals surface area contributed by atoms with E-state index in [4.69, 9.17) is 14.2 Å². The number of rotatable bonds is 8. The highest BCUT2D eigenvalue weighted by atomic mass is 79.9. The number of benzene rings is 1. The van der Waals surface area contributed by atoms with Gasteiger partial charge < -0.3 is 19.5 Å². The third-order valence-corrected chi connectivity index (χ3v) is 4.77. The number of hydrogen-bond acceptors (Lipinski definition) is 5. The molecule has 22 heavy (non-hydrogen) atoms. The lowest BCUT2D eigenvalue weighted by Crippen LogP contribution is -2.26. The van der Waals surface area contributed by atoms with Crippen LogP contribution in [0.15, 0.2) is 16.6 Å². The molecule has 122 valence electrons. The van der Waals surface area contributed by atoms with Gasteiger partial charge in [0.15, 0.2) is 11.5 Å². The van der Waals surface area contributed by atoms with Crippen LogP contribution in [0.1, 0.15) is 12.0 Å². The first-order valence-corrected chi connectivity index (χ1v) is 9.07. The summed E-state index contributed by atoms with van der Waals surface area (Å²) in [5.74, 6) is 2.77. The van der Waals surface area contributed by atoms with Crippen LogP contribution in [0.3, 0.4) is 0 Å². The second kappa shape index (κ2) is 9.27. The first-order chi connectivity index (χ1) is 10.7. The van der Waals surface area contributed by atoms with E-state index in [1.165, 1.54) is 0 Å². The first-order valence-electron chi connectivity index (χ1n) is 7.12. The number of amides is 1. The molecule has 0 radical (unpaired) electrons. The SMILES string of the molecule is COCCCNC(=O)CSCc1cc2c(cc1Br)OCCO2. The van der Waals surface area contributed by atoms with E-state index >= 15 is 0 Å². The lowest BCUT2D eigenvalue weighted by molar-refractivity contribution is -0.118. The van der Waals surface area contributed by atoms with Gasteiger partial charge >= 0.3 is 0 Å². The van der Waals surface area contributed by atoms with Crippen LogP contribution in [0.5, 0.6) is 11.5 Å². The van der Waals surface area contributed by atoms with Crippen molar-refractivity contribution < 1.29 is 19.0 Å². The fourth-order valence-corrected chi connectivity index (χ4v) is 3.46. The van der Waals surface area contributed by atoms with Crippen molar-refractivity contribution >= 4 is 33.6 Å². The fourth-order valence-electron chi connectivity index (χ4n) is 1.97. The van der Waals surface area contributed by atoms with E-state index in [-0.39, 0.29) is 5.91 Å². The number of carbonyl (C=O) groups excluding carboxylic acids is 1. The van der Waals surface area contributed by atoms with Crippen molar-refractivity contribution in [1.82, 2.24) is 5.32 Å². The maximum Gasteiger partial charge on any atom is 0.230 e. The molecule has 0 unspecified atom stereocenters. The van der Waals surface area contributed by atoms with Gasteiger partial charge in [0.25, 0.3) is 0 Å². The Balaban J connectivity index is 1.76. The average molecular weight is 390 g/mol. The summed E-state index contributed by atoms with van der Waals surface area (Å²) < 4.78 is 17.0. The molecule has 1 N–H and O–H groups in total. The Morgan fingerprint density at radius 1 is 1.36 bits per heavy atom. The Morgan fingerprint density at radius 3 is 2.82 bits per heavy atom. The van der Waals surface area contributed by atoms with Crippen molar-refractivity contribution in [2.75, 3.05) is 39.2 Å². The summed E-state index contributed by atoms with van der Waals surface area (Å²) in [5.41, 5.74) is 1.10. The van der Waals surface area contributed by atoms with E-state index in [0.717, 1.165) is 33.7 Å². The largest absolute Gasteiger partial charge is 0.486 e. The van der Waals surface area contributed by atoms with Gasteiger partial charge in [0.2, 0.25) is 5.91 Å². The molecule has 0 atom stereocenters. The molecule has 1 aliphatic heterocycles. The molecule has 1 aliphatic rings. The Hall–Kier alpha value is -0.920. The van der Waals surface area contributed by atoms with Gasteiger partial charge in [0.05, 0.1) is 5.75 Å². The van der Waals surface area contributed by atoms with Gasteiger partial charge in [0, 0.05) is 30.5 Å². The van der Waals surface area contributed by atoms with Gasteiger partial charge in [-0.15, -0.1) is 11.8 Å². The number of methoxy groups -OCH3 is 1. The van der Waals surface area contributed by atoms with Gasteiger partial charge in [-0.2, -0.15) is 0 Å². The van der Waals surface area contributed by atoms with Crippen molar-refractivity contribution in [3.8, 4) is 11.5 Å². The molecule has 1 aromatic carbocycles. The molecular formula is C15H20BrNO4S. The molecule has 1 amide bonds. The van der Waals surface area contributed by atoms with Crippen LogP contribution >= 0.6 is 27.7 Å². The summed E-state index contributed by atoms with van der Waals surface area (Å²) in [6, 6.07) is 3.90. The first kappa shape index (κ1) is 17.4. The van der Waals surface area contributed by atoms with E-state index in [2.05, 4.69) is 21.2 Å². The van der Waals surface area contributed by atoms with Crippen LogP contribution in [0.2, 0.25) is 0 Å². The monoisotopic (exact) mass is 389 g/mol. The van der Waals surface area contributed by atoms with Gasteiger partial charge in [0.1, 0.15) is 13.2 Å². The number of hydrogen-bond donors (Lipinski definition) is 1. The molecule has 5 nitrogen and oxygen atoms in total. The normalized spacial score (nSPS) is 13.0. The second-order valence-electron chi connectivity index (χ2n) is 4.78. The highest BCUT2D eigenvalue weighted by Gasteiger charge is 2.15. The molecule has 1 heterocycles. The molecule has 7 heteroatoms. The summed E-state index contributed by atoms with van der Waals surface area (Å²) in [7, 11) is 1.66. The van der Waals surface area contributed by atoms with Crippen LogP contribution in [0.4, 0.5) is 0 Å². The maximum atomic E-state index is 11.7. The minimum absolute atomic E-state index is 0.0507. The van der Waals surface area contributed by atoms with E-state index in [9.17, 15) is 4.79 Å². The zero-order chi connectivity index (χ0) is 15.8. The number of nitrogens with one attached hydrogen (secondary N) is 1. The molecule has 0 saturated carbocycles. The molecule has 0 bridgehead atoms. The molecule has 0 aliphatic carbocycles. The minimum atomic E-state index is 0.0507. The topological polar surface area (TPSA) is 56.8 Å². The van der Waals surface area contributed by atoms with Crippen LogP contribution in [-0.4, -0.2) is 45.1 Å². The highest BCUT2D eigenvalue weighted by Crippen LogP contribution is 2.36. The standard InChI is InChI=1S/C15H20BrNO4S/c1-19-4-2-3-17-15(18)10-22-9-11-7-13-14(8-12(11)16)21-6-5-20-13/h7-8H,2-6,9-10H2,1H3,(H,17,18). The minimum Gasteiger partial charge on any atom is -0.486 e. The second-order valence-corrected chi connectivity index (χ2v) is 6.62. The third-order valence-electron chi connectivity index (χ3n) is 3.05. The average Bonchev–Trinajstić information content (AvgIpc) is 2.52. The molecule has 1 aromatic rings. The number of thioether (sulfide) groups is 1. The van der Waals surface area contributed by atoms with Crippen molar-refractivity contribution in [3.63, 3.8) is 0 Å². The van der Waals surface area contributed by atoms with Crippen LogP contribution in [0.25, 0.3) is 0 Å². The Morgan fingerprint density at radius 2 is 2.09 bits per heavy atom. The Bertz CT molecular complexity index is 513. The van der Waals surface area contributed by atoms with Gasteiger partial charge in [-0.1, -0.05) is 15.9 Å². The summed E-state index contributed by atoms with van der Waals surface area (Å²) in [6.07, 6.45) is 0.834. The highest BCUT2D eigenvalue weighted by molar-refractivity contribution is 9.10. The van der Waals surface area contributed by atoms with Crippen molar-refractivity contribution in [2.24, 2.45) is 0 Å². The van der Waals surface area contributed by atoms with Gasteiger partial charge in [-0.05, 0) is 24.1 Å². The number of carbonyl (C=O) groups is 1. The molecule has 0 saturated heterocycles. The maximum absolute atomic E-state index is 11.7. The molecule has 0 spiro atoms. The summed E-state index contributed by atoms with van der Waals surface area (Å²) in [4.78, 5) is 11.7. The number of ether oxygens (including phenoxy) is 3. The van der Waals surface area contributed by atoms with Crippen LogP contribution in [-0.2, 0) is 15.3 Å². The van der Waals surface area contributed by atoms with Gasteiger partial charge in [-0.3, -0.25) is 4.79 Å². The lowest BCUT2D eigenvalue weighted by atomic mass is 10.2. The summed E-state index contributed by atoms with van der Waals surface area (Å²) in [6.45, 7) is 2.47. The van der Waals surface area contributed by atoms with Crippen LogP contribution in [0, 0.1) is 0 Å². The summed E-state index contributed by atoms with van der Waals surface area (Å²) in [5, 5.41) is 2.87. The lowest BCUT2D eigenvalue weighted by Gasteiger charge is -2.19. The van der Waals surface area contributed by atoms with Crippen LogP contribution < -0.4 is 14.8 Å². The van der Waals surface area contributed by atoms with Crippen molar-refractivity contribution in [3.05, 3.63) is 22.2 Å². The molecule has 0 aromatic heterocycles. The van der Waals surface area contributed by atoms with E-state index in [0.29, 0.717) is 32.1 Å². The number of halogens is 1. The van der Waals surface area contributed by atoms with E-state index in [1.807, 2.05) is 12.1 Å². The molecular weight excluding hydrogens is 370 g/mol. The Labute approximate surface area is 143 Å².